The molecule has 2 N–H and O–H groups in total. The molecule has 0 radical (unpaired) electrons. The third-order valence-electron chi connectivity index (χ3n) is 2.14. The van der Waals surface area contributed by atoms with Gasteiger partial charge in [0.15, 0.2) is 0 Å². The van der Waals surface area contributed by atoms with Gasteiger partial charge in [0.1, 0.15) is 5.60 Å². The summed E-state index contributed by atoms with van der Waals surface area (Å²) < 4.78 is 5.11. The molecule has 0 amide bonds. The summed E-state index contributed by atoms with van der Waals surface area (Å²) >= 11 is 0. The Morgan fingerprint density at radius 3 is 2.29 bits per heavy atom. The molecule has 1 fully saturated rings. The van der Waals surface area contributed by atoms with Crippen LogP contribution in [0.2, 0.25) is 0 Å². The van der Waals surface area contributed by atoms with Crippen LogP contribution in [-0.2, 0) is 9.53 Å². The molecular formula is C10H16N2O2. The van der Waals surface area contributed by atoms with E-state index in [9.17, 15) is 4.79 Å². The van der Waals surface area contributed by atoms with E-state index in [4.69, 9.17) is 15.7 Å². The number of nitriles is 1. The summed E-state index contributed by atoms with van der Waals surface area (Å²) in [4.78, 5) is 11.6. The van der Waals surface area contributed by atoms with Crippen molar-refractivity contribution >= 4 is 5.97 Å². The molecule has 1 saturated carbocycles. The Morgan fingerprint density at radius 1 is 1.50 bits per heavy atom. The van der Waals surface area contributed by atoms with Crippen LogP contribution in [0.25, 0.3) is 0 Å². The first-order valence-corrected chi connectivity index (χ1v) is 4.73. The number of hydrogen-bond acceptors (Lipinski definition) is 4. The van der Waals surface area contributed by atoms with Crippen molar-refractivity contribution in [1.29, 1.82) is 5.26 Å². The van der Waals surface area contributed by atoms with E-state index in [-0.39, 0.29) is 5.92 Å². The summed E-state index contributed by atoms with van der Waals surface area (Å²) in [6.45, 7) is 5.28. The van der Waals surface area contributed by atoms with Crippen LogP contribution in [-0.4, -0.2) is 17.1 Å². The lowest BCUT2D eigenvalue weighted by molar-refractivity contribution is -0.160. The maximum absolute atomic E-state index is 11.6. The van der Waals surface area contributed by atoms with Crippen molar-refractivity contribution in [3.63, 3.8) is 0 Å². The Hall–Kier alpha value is -1.08. The number of carbonyl (C=O) groups excluding carboxylic acids is 1. The summed E-state index contributed by atoms with van der Waals surface area (Å²) in [6, 6.07) is 1.87. The summed E-state index contributed by atoms with van der Waals surface area (Å²) in [6.07, 6.45) is 1.67. The average Bonchev–Trinajstić information content (AvgIpc) is 2.81. The largest absolute Gasteiger partial charge is 0.458 e. The minimum Gasteiger partial charge on any atom is -0.458 e. The van der Waals surface area contributed by atoms with Gasteiger partial charge in [-0.1, -0.05) is 0 Å². The lowest BCUT2D eigenvalue weighted by Crippen LogP contribution is -2.51. The molecule has 1 aliphatic rings. The number of nitrogens with two attached hydrogens (primary N) is 1. The molecule has 0 heterocycles. The van der Waals surface area contributed by atoms with Gasteiger partial charge in [0.25, 0.3) is 0 Å². The Kier molecular flexibility index (Phi) is 2.55. The first-order valence-electron chi connectivity index (χ1n) is 4.73. The van der Waals surface area contributed by atoms with Crippen molar-refractivity contribution in [1.82, 2.24) is 0 Å². The summed E-state index contributed by atoms with van der Waals surface area (Å²) in [5.41, 5.74) is 3.69. The zero-order valence-corrected chi connectivity index (χ0v) is 8.83. The van der Waals surface area contributed by atoms with Gasteiger partial charge >= 0.3 is 5.97 Å². The molecule has 1 unspecified atom stereocenters. The Morgan fingerprint density at radius 2 is 2.00 bits per heavy atom. The number of nitrogens with zero attached hydrogens (tertiary/aromatic N) is 1. The fourth-order valence-corrected chi connectivity index (χ4v) is 1.20. The van der Waals surface area contributed by atoms with Gasteiger partial charge < -0.3 is 10.5 Å². The van der Waals surface area contributed by atoms with Crippen LogP contribution in [0.15, 0.2) is 0 Å². The molecule has 0 spiro atoms. The van der Waals surface area contributed by atoms with Gasteiger partial charge in [-0.25, -0.2) is 4.79 Å². The molecule has 0 aliphatic heterocycles. The molecule has 14 heavy (non-hydrogen) atoms. The Balaban J connectivity index is 2.71. The quantitative estimate of drug-likeness (QED) is 0.667. The Bertz CT molecular complexity index is 283. The molecule has 1 rings (SSSR count). The second-order valence-corrected chi connectivity index (χ2v) is 4.76. The highest BCUT2D eigenvalue weighted by Crippen LogP contribution is 2.39. The molecule has 0 bridgehead atoms. The maximum Gasteiger partial charge on any atom is 0.341 e. The third-order valence-corrected chi connectivity index (χ3v) is 2.14. The lowest BCUT2D eigenvalue weighted by atomic mass is 9.96. The van der Waals surface area contributed by atoms with Crippen LogP contribution in [0.5, 0.6) is 0 Å². The van der Waals surface area contributed by atoms with Crippen LogP contribution >= 0.6 is 0 Å². The van der Waals surface area contributed by atoms with E-state index in [1.165, 1.54) is 0 Å². The van der Waals surface area contributed by atoms with Gasteiger partial charge in [-0.2, -0.15) is 5.26 Å². The smallest absolute Gasteiger partial charge is 0.341 e. The van der Waals surface area contributed by atoms with E-state index in [1.54, 1.807) is 20.8 Å². The van der Waals surface area contributed by atoms with Gasteiger partial charge in [0.05, 0.1) is 6.07 Å². The highest BCUT2D eigenvalue weighted by molar-refractivity contribution is 5.85. The molecule has 0 aromatic rings. The number of esters is 1. The highest BCUT2D eigenvalue weighted by Gasteiger charge is 2.50. The monoisotopic (exact) mass is 196 g/mol. The van der Waals surface area contributed by atoms with Gasteiger partial charge in [-0.3, -0.25) is 0 Å². The first kappa shape index (κ1) is 11.0. The predicted molar refractivity (Wildman–Crippen MR) is 51.1 cm³/mol. The van der Waals surface area contributed by atoms with Crippen molar-refractivity contribution in [2.75, 3.05) is 0 Å². The van der Waals surface area contributed by atoms with Crippen LogP contribution < -0.4 is 5.73 Å². The fraction of sp³-hybridized carbons (Fsp3) is 0.800. The van der Waals surface area contributed by atoms with E-state index in [0.717, 1.165) is 12.8 Å². The van der Waals surface area contributed by atoms with Crippen molar-refractivity contribution in [3.05, 3.63) is 0 Å². The molecule has 4 heteroatoms. The minimum absolute atomic E-state index is 0.0256. The van der Waals surface area contributed by atoms with Crippen molar-refractivity contribution < 1.29 is 9.53 Å². The van der Waals surface area contributed by atoms with Crippen molar-refractivity contribution in [3.8, 4) is 6.07 Å². The van der Waals surface area contributed by atoms with E-state index in [2.05, 4.69) is 0 Å². The average molecular weight is 196 g/mol. The molecule has 0 saturated heterocycles. The predicted octanol–water partition coefficient (Wildman–Crippen LogP) is 0.959. The fourth-order valence-electron chi connectivity index (χ4n) is 1.20. The highest BCUT2D eigenvalue weighted by atomic mass is 16.6. The SMILES string of the molecule is CC(C)(C)OC(=O)C(N)(C#N)C1CC1. The standard InChI is InChI=1S/C10H16N2O2/c1-9(2,3)14-8(13)10(12,6-11)7-4-5-7/h7H,4-5,12H2,1-3H3. The van der Waals surface area contributed by atoms with E-state index in [0.29, 0.717) is 0 Å². The van der Waals surface area contributed by atoms with Crippen LogP contribution in [0.3, 0.4) is 0 Å². The molecular weight excluding hydrogens is 180 g/mol. The zero-order valence-electron chi connectivity index (χ0n) is 8.83. The van der Waals surface area contributed by atoms with Gasteiger partial charge in [-0.15, -0.1) is 0 Å². The number of hydrogen-bond donors (Lipinski definition) is 1. The molecule has 78 valence electrons. The normalized spacial score (nSPS) is 20.8. The first-order chi connectivity index (χ1) is 6.29. The molecule has 1 aliphatic carbocycles. The molecule has 4 nitrogen and oxygen atoms in total. The number of ether oxygens (including phenoxy) is 1. The molecule has 0 aromatic heterocycles. The van der Waals surface area contributed by atoms with Gasteiger partial charge in [0.2, 0.25) is 5.54 Å². The van der Waals surface area contributed by atoms with Gasteiger partial charge in [0, 0.05) is 5.92 Å². The minimum atomic E-state index is -1.44. The third kappa shape index (κ3) is 2.24. The number of carbonyl (C=O) groups is 1. The molecule has 1 atom stereocenters. The van der Waals surface area contributed by atoms with E-state index in [1.807, 2.05) is 6.07 Å². The second kappa shape index (κ2) is 3.25. The summed E-state index contributed by atoms with van der Waals surface area (Å²) in [7, 11) is 0. The van der Waals surface area contributed by atoms with Crippen LogP contribution in [0, 0.1) is 17.2 Å². The van der Waals surface area contributed by atoms with E-state index < -0.39 is 17.1 Å². The summed E-state index contributed by atoms with van der Waals surface area (Å²) in [5.74, 6) is -0.627. The van der Waals surface area contributed by atoms with Crippen LogP contribution in [0.1, 0.15) is 33.6 Å². The topological polar surface area (TPSA) is 76.1 Å². The molecule has 0 aromatic carbocycles. The van der Waals surface area contributed by atoms with Crippen molar-refractivity contribution in [2.45, 2.75) is 44.8 Å². The zero-order chi connectivity index (χ0) is 11.0. The maximum atomic E-state index is 11.6. The van der Waals surface area contributed by atoms with Crippen molar-refractivity contribution in [2.24, 2.45) is 11.7 Å². The number of rotatable bonds is 2. The summed E-state index contributed by atoms with van der Waals surface area (Å²) in [5, 5.41) is 8.89. The Labute approximate surface area is 84.0 Å². The lowest BCUT2D eigenvalue weighted by Gasteiger charge is -2.26. The van der Waals surface area contributed by atoms with E-state index >= 15 is 0 Å². The van der Waals surface area contributed by atoms with Gasteiger partial charge in [-0.05, 0) is 33.6 Å². The van der Waals surface area contributed by atoms with Crippen LogP contribution in [0.4, 0.5) is 0 Å². The second-order valence-electron chi connectivity index (χ2n) is 4.76.